The zero-order chi connectivity index (χ0) is 66.6. The van der Waals surface area contributed by atoms with Crippen LogP contribution in [0.25, 0.3) is 236 Å². The third-order valence-electron chi connectivity index (χ3n) is 22.9. The number of benzene rings is 16. The maximum Gasteiger partial charge on any atom is 0.237 e. The minimum absolute atomic E-state index is 0.613. The van der Waals surface area contributed by atoms with Crippen LogP contribution in [0.15, 0.2) is 309 Å². The number of hydrogen-bond donors (Lipinski definition) is 0. The Morgan fingerprint density at radius 1 is 0.194 bits per heavy atom. The molecule has 0 aliphatic rings. The highest BCUT2D eigenvalue weighted by Gasteiger charge is 2.30. The van der Waals surface area contributed by atoms with Gasteiger partial charge in [-0.1, -0.05) is 224 Å². The van der Waals surface area contributed by atoms with Gasteiger partial charge in [0.2, 0.25) is 5.95 Å². The van der Waals surface area contributed by atoms with Crippen LogP contribution in [0.4, 0.5) is 0 Å². The molecule has 9 heterocycles. The van der Waals surface area contributed by atoms with E-state index in [4.69, 9.17) is 19.9 Å². The van der Waals surface area contributed by atoms with Gasteiger partial charge >= 0.3 is 0 Å². The van der Waals surface area contributed by atoms with Gasteiger partial charge in [-0.05, 0) is 118 Å². The molecule has 0 radical (unpaired) electrons. The molecule has 16 aromatic carbocycles. The Balaban J connectivity index is 0.736. The molecule has 9 nitrogen and oxygen atoms in total. The Labute approximate surface area is 584 Å². The lowest BCUT2D eigenvalue weighted by molar-refractivity contribution is 0.974. The first-order valence-corrected chi connectivity index (χ1v) is 35.3. The van der Waals surface area contributed by atoms with Crippen molar-refractivity contribution in [3.05, 3.63) is 309 Å². The van der Waals surface area contributed by atoms with Crippen molar-refractivity contribution in [2.45, 2.75) is 0 Å². The molecule has 0 saturated carbocycles. The predicted octanol–water partition coefficient (Wildman–Crippen LogP) is 24.0. The van der Waals surface area contributed by atoms with Crippen molar-refractivity contribution in [2.24, 2.45) is 0 Å². The third kappa shape index (κ3) is 6.90. The largest absolute Gasteiger partial charge is 0.308 e. The molecular weight excluding hydrogens is 1260 g/mol. The van der Waals surface area contributed by atoms with Gasteiger partial charge in [0.15, 0.2) is 11.6 Å². The van der Waals surface area contributed by atoms with Gasteiger partial charge in [-0.2, -0.15) is 4.98 Å². The number of hydrogen-bond acceptors (Lipinski definition) is 4. The van der Waals surface area contributed by atoms with Crippen LogP contribution in [0.2, 0.25) is 0 Å². The molecule has 0 spiro atoms. The fourth-order valence-electron chi connectivity index (χ4n) is 18.7. The Bertz CT molecular complexity index is 8140. The summed E-state index contributed by atoms with van der Waals surface area (Å²) in [6.45, 7) is 0. The standard InChI is InChI=1S/C94H51N9/c1-4-25-58-52(20-1)42-47-79-82(58)65-32-11-18-39-77(65)101(79)94-96-73-35-14-8-31-64(73)93(98-94)103-81-51-70-62-29-10-16-37-75(62)100-78-46-43-56(49-71(78)86(90(70)100)84(81)68-45-41-54-22-3-6-27-60(54)88(68)103)55-23-19-24-57(48-55)91-95-72-34-13-7-30-63(72)92(97-91)102-80-50-69-61-28-9-15-36-74(61)99-76-38-17-12-33-66(76)85(89(69)99)83(80)67-44-40-53-21-2-5-26-59(53)87(67)102/h1-51H. The number of aromatic nitrogens is 9. The van der Waals surface area contributed by atoms with Gasteiger partial charge in [0, 0.05) is 103 Å². The van der Waals surface area contributed by atoms with Crippen LogP contribution in [0.3, 0.4) is 0 Å². The van der Waals surface area contributed by atoms with Crippen LogP contribution in [0.5, 0.6) is 0 Å². The lowest BCUT2D eigenvalue weighted by Gasteiger charge is -2.15. The summed E-state index contributed by atoms with van der Waals surface area (Å²) in [5.41, 5.74) is 18.5. The summed E-state index contributed by atoms with van der Waals surface area (Å²) < 4.78 is 12.2. The Kier molecular flexibility index (Phi) is 10.2. The lowest BCUT2D eigenvalue weighted by atomic mass is 9.97. The quantitative estimate of drug-likeness (QED) is 0.172. The molecule has 25 rings (SSSR count). The molecule has 0 unspecified atom stereocenters. The van der Waals surface area contributed by atoms with Gasteiger partial charge in [-0.3, -0.25) is 13.7 Å². The van der Waals surface area contributed by atoms with E-state index in [1.54, 1.807) is 0 Å². The first-order chi connectivity index (χ1) is 51.1. The zero-order valence-electron chi connectivity index (χ0n) is 55.0. The fourth-order valence-corrected chi connectivity index (χ4v) is 18.7. The van der Waals surface area contributed by atoms with Crippen molar-refractivity contribution in [3.8, 4) is 40.1 Å². The van der Waals surface area contributed by atoms with Crippen molar-refractivity contribution in [3.63, 3.8) is 0 Å². The summed E-state index contributed by atoms with van der Waals surface area (Å²) in [7, 11) is 0. The van der Waals surface area contributed by atoms with Crippen LogP contribution in [0.1, 0.15) is 0 Å². The SMILES string of the molecule is c1cc(-c2ccc3c(c2)c2c4c5ccc6ccccc6c5n(-c5nc(-n6c7ccccc7c7c8ccccc8ccc76)nc6ccccc56)c4cc4c5ccccc5n3c42)cc(-c2nc(-n3c4cc5c6ccccc6n6c7ccccc7c(c4c4ccc7ccccc7c43)c56)c3ccccc3n2)c1. The van der Waals surface area contributed by atoms with E-state index in [1.807, 2.05) is 0 Å². The number of fused-ring (bicyclic) bond motifs is 31. The van der Waals surface area contributed by atoms with Crippen LogP contribution >= 0.6 is 0 Å². The summed E-state index contributed by atoms with van der Waals surface area (Å²) in [5, 5.41) is 25.8. The molecule has 0 aliphatic carbocycles. The Morgan fingerprint density at radius 3 is 1.25 bits per heavy atom. The summed E-state index contributed by atoms with van der Waals surface area (Å²) in [4.78, 5) is 22.8. The molecule has 9 aromatic heterocycles. The predicted molar refractivity (Wildman–Crippen MR) is 428 cm³/mol. The molecule has 0 bridgehead atoms. The minimum Gasteiger partial charge on any atom is -0.308 e. The molecule has 0 N–H and O–H groups in total. The molecule has 0 saturated heterocycles. The maximum atomic E-state index is 5.91. The minimum atomic E-state index is 0.613. The van der Waals surface area contributed by atoms with E-state index < -0.39 is 0 Å². The highest BCUT2D eigenvalue weighted by atomic mass is 15.2. The van der Waals surface area contributed by atoms with Crippen LogP contribution in [0, 0.1) is 0 Å². The van der Waals surface area contributed by atoms with Gasteiger partial charge in [0.25, 0.3) is 0 Å². The third-order valence-corrected chi connectivity index (χ3v) is 22.9. The first-order valence-electron chi connectivity index (χ1n) is 35.3. The summed E-state index contributed by atoms with van der Waals surface area (Å²) in [6.07, 6.45) is 0. The van der Waals surface area contributed by atoms with E-state index >= 15 is 0 Å². The lowest BCUT2D eigenvalue weighted by Crippen LogP contribution is -2.07. The topological polar surface area (TPSA) is 75.2 Å². The second-order valence-corrected chi connectivity index (χ2v) is 27.9. The van der Waals surface area contributed by atoms with Gasteiger partial charge in [-0.25, -0.2) is 15.0 Å². The molecule has 0 atom stereocenters. The van der Waals surface area contributed by atoms with Crippen LogP contribution in [-0.4, -0.2) is 42.4 Å². The van der Waals surface area contributed by atoms with Crippen LogP contribution in [-0.2, 0) is 0 Å². The molecule has 0 fully saturated rings. The van der Waals surface area contributed by atoms with Gasteiger partial charge < -0.3 is 8.80 Å². The molecule has 0 amide bonds. The van der Waals surface area contributed by atoms with Crippen LogP contribution < -0.4 is 0 Å². The monoisotopic (exact) mass is 1310 g/mol. The van der Waals surface area contributed by atoms with Crippen molar-refractivity contribution in [1.29, 1.82) is 0 Å². The summed E-state index contributed by atoms with van der Waals surface area (Å²) in [5.74, 6) is 2.92. The molecule has 0 aliphatic heterocycles. The second-order valence-electron chi connectivity index (χ2n) is 27.9. The molecule has 103 heavy (non-hydrogen) atoms. The normalized spacial score (nSPS) is 12.7. The molecular formula is C94H51N9. The van der Waals surface area contributed by atoms with Gasteiger partial charge in [-0.15, -0.1) is 0 Å². The van der Waals surface area contributed by atoms with Gasteiger partial charge in [0.1, 0.15) is 5.82 Å². The van der Waals surface area contributed by atoms with E-state index in [2.05, 4.69) is 332 Å². The average Bonchev–Trinajstić information content (AvgIpc) is 1.52. The maximum absolute atomic E-state index is 5.91. The molecule has 25 aromatic rings. The summed E-state index contributed by atoms with van der Waals surface area (Å²) in [6, 6.07) is 113. The molecule has 472 valence electrons. The Hall–Kier alpha value is -14.0. The zero-order valence-corrected chi connectivity index (χ0v) is 55.0. The van der Waals surface area contributed by atoms with E-state index in [0.29, 0.717) is 11.8 Å². The van der Waals surface area contributed by atoms with Crippen molar-refractivity contribution in [2.75, 3.05) is 0 Å². The number of nitrogens with zero attached hydrogens (tertiary/aromatic N) is 9. The second kappa shape index (κ2) is 19.5. The molecule has 9 heteroatoms. The van der Waals surface area contributed by atoms with E-state index in [9.17, 15) is 0 Å². The van der Waals surface area contributed by atoms with E-state index in [-0.39, 0.29) is 0 Å². The first kappa shape index (κ1) is 54.0. The fraction of sp³-hybridized carbons (Fsp3) is 0. The summed E-state index contributed by atoms with van der Waals surface area (Å²) >= 11 is 0. The Morgan fingerprint density at radius 2 is 0.631 bits per heavy atom. The van der Waals surface area contributed by atoms with E-state index in [0.717, 1.165) is 110 Å². The highest BCUT2D eigenvalue weighted by Crippen LogP contribution is 2.52. The highest BCUT2D eigenvalue weighted by molar-refractivity contribution is 6.39. The van der Waals surface area contributed by atoms with Crippen molar-refractivity contribution < 1.29 is 0 Å². The van der Waals surface area contributed by atoms with E-state index in [1.165, 1.54) is 114 Å². The smallest absolute Gasteiger partial charge is 0.237 e. The average molecular weight is 1310 g/mol. The number of para-hydroxylation sites is 6. The van der Waals surface area contributed by atoms with Crippen molar-refractivity contribution >= 4 is 196 Å². The number of rotatable bonds is 5. The van der Waals surface area contributed by atoms with Crippen molar-refractivity contribution in [1.82, 2.24) is 42.4 Å². The van der Waals surface area contributed by atoms with Gasteiger partial charge in [0.05, 0.1) is 77.2 Å².